The largest absolute Gasteiger partial charge is 0.493 e. The Balaban J connectivity index is 1.58. The molecule has 0 unspecified atom stereocenters. The van der Waals surface area contributed by atoms with Crippen LogP contribution in [-0.4, -0.2) is 40.3 Å². The predicted molar refractivity (Wildman–Crippen MR) is 109 cm³/mol. The minimum atomic E-state index is -0.202. The molecule has 28 heavy (non-hydrogen) atoms. The van der Waals surface area contributed by atoms with Gasteiger partial charge in [0, 0.05) is 11.5 Å². The van der Waals surface area contributed by atoms with Crippen molar-refractivity contribution in [2.45, 2.75) is 9.37 Å². The van der Waals surface area contributed by atoms with Gasteiger partial charge in [-0.1, -0.05) is 17.4 Å². The number of methoxy groups -OCH3 is 2. The molecule has 3 heterocycles. The zero-order valence-electron chi connectivity index (χ0n) is 14.7. The Morgan fingerprint density at radius 2 is 1.96 bits per heavy atom. The van der Waals surface area contributed by atoms with E-state index in [1.165, 1.54) is 40.8 Å². The van der Waals surface area contributed by atoms with Gasteiger partial charge in [0.1, 0.15) is 11.4 Å². The van der Waals surface area contributed by atoms with E-state index in [4.69, 9.17) is 9.47 Å². The number of anilines is 1. The number of nitrogens with one attached hydrogen (secondary N) is 1. The van der Waals surface area contributed by atoms with Crippen LogP contribution in [0.2, 0.25) is 0 Å². The van der Waals surface area contributed by atoms with Gasteiger partial charge in [-0.3, -0.25) is 10.1 Å². The fraction of sp³-hybridized carbons (Fsp3) is 0.118. The molecule has 0 aliphatic heterocycles. The summed E-state index contributed by atoms with van der Waals surface area (Å²) in [5, 5.41) is 14.7. The van der Waals surface area contributed by atoms with Gasteiger partial charge in [0.15, 0.2) is 15.8 Å². The van der Waals surface area contributed by atoms with E-state index in [9.17, 15) is 4.79 Å². The standard InChI is InChI=1S/C17H13N5O3S3/c1-24-11-6-9-10(7-12(11)25-2)18-8-19-15(9)27-17-22-21-16(28-17)20-14(23)13-4-3-5-26-13/h3-8H,1-2H3,(H,20,21,23). The van der Waals surface area contributed by atoms with Crippen molar-refractivity contribution < 1.29 is 14.3 Å². The molecule has 0 atom stereocenters. The van der Waals surface area contributed by atoms with Crippen LogP contribution >= 0.6 is 34.4 Å². The number of thiophene rings is 1. The molecule has 11 heteroatoms. The quantitative estimate of drug-likeness (QED) is 0.362. The molecule has 1 amide bonds. The number of aromatic nitrogens is 4. The van der Waals surface area contributed by atoms with E-state index in [-0.39, 0.29) is 5.91 Å². The lowest BCUT2D eigenvalue weighted by atomic mass is 10.2. The first-order chi connectivity index (χ1) is 13.7. The minimum absolute atomic E-state index is 0.202. The SMILES string of the molecule is COc1cc2ncnc(Sc3nnc(NC(=O)c4cccs4)s3)c2cc1OC. The second-order valence-corrected chi connectivity index (χ2v) is 8.47. The molecule has 3 aromatic heterocycles. The Kier molecular flexibility index (Phi) is 5.37. The highest BCUT2D eigenvalue weighted by molar-refractivity contribution is 8.01. The van der Waals surface area contributed by atoms with Crippen LogP contribution in [0, 0.1) is 0 Å². The third-order valence-electron chi connectivity index (χ3n) is 3.66. The molecule has 0 aliphatic carbocycles. The van der Waals surface area contributed by atoms with Gasteiger partial charge in [0.25, 0.3) is 5.91 Å². The third kappa shape index (κ3) is 3.77. The van der Waals surface area contributed by atoms with Gasteiger partial charge in [-0.2, -0.15) is 0 Å². The highest BCUT2D eigenvalue weighted by Gasteiger charge is 2.15. The Morgan fingerprint density at radius 3 is 2.71 bits per heavy atom. The summed E-state index contributed by atoms with van der Waals surface area (Å²) in [6.45, 7) is 0. The highest BCUT2D eigenvalue weighted by atomic mass is 32.2. The Hall–Kier alpha value is -2.76. The van der Waals surface area contributed by atoms with E-state index < -0.39 is 0 Å². The molecule has 1 aromatic carbocycles. The smallest absolute Gasteiger partial charge is 0.267 e. The maximum atomic E-state index is 12.1. The van der Waals surface area contributed by atoms with E-state index in [1.807, 2.05) is 17.5 Å². The van der Waals surface area contributed by atoms with Gasteiger partial charge < -0.3 is 9.47 Å². The van der Waals surface area contributed by atoms with Gasteiger partial charge in [0.2, 0.25) is 5.13 Å². The van der Waals surface area contributed by atoms with Crippen molar-refractivity contribution in [3.63, 3.8) is 0 Å². The van der Waals surface area contributed by atoms with E-state index in [2.05, 4.69) is 25.5 Å². The molecule has 0 bridgehead atoms. The van der Waals surface area contributed by atoms with Gasteiger partial charge in [-0.05, 0) is 29.3 Å². The first kappa shape index (κ1) is 18.6. The molecule has 4 aromatic rings. The normalized spacial score (nSPS) is 10.8. The second kappa shape index (κ2) is 8.09. The van der Waals surface area contributed by atoms with Crippen LogP contribution in [-0.2, 0) is 0 Å². The zero-order valence-corrected chi connectivity index (χ0v) is 17.2. The average Bonchev–Trinajstić information content (AvgIpc) is 3.39. The zero-order chi connectivity index (χ0) is 19.5. The summed E-state index contributed by atoms with van der Waals surface area (Å²) in [4.78, 5) is 21.4. The summed E-state index contributed by atoms with van der Waals surface area (Å²) in [5.41, 5.74) is 0.728. The van der Waals surface area contributed by atoms with Crippen LogP contribution in [0.15, 0.2) is 45.3 Å². The molecule has 142 valence electrons. The first-order valence-corrected chi connectivity index (χ1v) is 10.4. The van der Waals surface area contributed by atoms with E-state index in [0.29, 0.717) is 30.9 Å². The van der Waals surface area contributed by atoms with E-state index in [0.717, 1.165) is 10.9 Å². The molecule has 0 radical (unpaired) electrons. The van der Waals surface area contributed by atoms with Gasteiger partial charge in [-0.25, -0.2) is 9.97 Å². The maximum Gasteiger partial charge on any atom is 0.267 e. The van der Waals surface area contributed by atoms with E-state index >= 15 is 0 Å². The van der Waals surface area contributed by atoms with Crippen molar-refractivity contribution in [1.29, 1.82) is 0 Å². The minimum Gasteiger partial charge on any atom is -0.493 e. The molecule has 0 saturated carbocycles. The molecule has 0 fully saturated rings. The van der Waals surface area contributed by atoms with Crippen molar-refractivity contribution >= 4 is 56.4 Å². The lowest BCUT2D eigenvalue weighted by molar-refractivity contribution is 0.103. The lowest BCUT2D eigenvalue weighted by Gasteiger charge is -2.09. The molecule has 4 rings (SSSR count). The molecule has 1 N–H and O–H groups in total. The number of carbonyl (C=O) groups excluding carboxylic acids is 1. The predicted octanol–water partition coefficient (Wildman–Crippen LogP) is 3.96. The number of benzene rings is 1. The van der Waals surface area contributed by atoms with Crippen molar-refractivity contribution in [2.75, 3.05) is 19.5 Å². The summed E-state index contributed by atoms with van der Waals surface area (Å²) in [5.74, 6) is 0.985. The number of hydrogen-bond donors (Lipinski definition) is 1. The molecule has 0 spiro atoms. The van der Waals surface area contributed by atoms with Crippen molar-refractivity contribution in [3.8, 4) is 11.5 Å². The van der Waals surface area contributed by atoms with Crippen LogP contribution in [0.25, 0.3) is 10.9 Å². The molecule has 0 aliphatic rings. The summed E-state index contributed by atoms with van der Waals surface area (Å²) in [6.07, 6.45) is 1.48. The average molecular weight is 432 g/mol. The second-order valence-electron chi connectivity index (χ2n) is 5.31. The summed E-state index contributed by atoms with van der Waals surface area (Å²) in [7, 11) is 3.15. The molecule has 0 saturated heterocycles. The first-order valence-electron chi connectivity index (χ1n) is 7.91. The van der Waals surface area contributed by atoms with Crippen molar-refractivity contribution in [2.24, 2.45) is 0 Å². The Bertz CT molecular complexity index is 1130. The van der Waals surface area contributed by atoms with Crippen LogP contribution in [0.1, 0.15) is 9.67 Å². The van der Waals surface area contributed by atoms with Crippen LogP contribution in [0.5, 0.6) is 11.5 Å². The summed E-state index contributed by atoms with van der Waals surface area (Å²) in [6, 6.07) is 7.21. The summed E-state index contributed by atoms with van der Waals surface area (Å²) >= 11 is 3.99. The van der Waals surface area contributed by atoms with Gasteiger partial charge in [-0.15, -0.1) is 21.5 Å². The Labute approximate surface area is 172 Å². The molecule has 8 nitrogen and oxygen atoms in total. The fourth-order valence-electron chi connectivity index (χ4n) is 2.39. The fourth-order valence-corrected chi connectivity index (χ4v) is 4.74. The van der Waals surface area contributed by atoms with Crippen molar-refractivity contribution in [1.82, 2.24) is 20.2 Å². The van der Waals surface area contributed by atoms with Gasteiger partial charge in [0.05, 0.1) is 24.6 Å². The van der Waals surface area contributed by atoms with Crippen LogP contribution in [0.3, 0.4) is 0 Å². The highest BCUT2D eigenvalue weighted by Crippen LogP contribution is 2.38. The number of amides is 1. The number of ether oxygens (including phenoxy) is 2. The van der Waals surface area contributed by atoms with Crippen molar-refractivity contribution in [3.05, 3.63) is 40.8 Å². The number of rotatable bonds is 6. The third-order valence-corrected chi connectivity index (χ3v) is 6.44. The lowest BCUT2D eigenvalue weighted by Crippen LogP contribution is -2.09. The number of fused-ring (bicyclic) bond motifs is 1. The number of nitrogens with zero attached hydrogens (tertiary/aromatic N) is 4. The maximum absolute atomic E-state index is 12.1. The number of carbonyl (C=O) groups is 1. The van der Waals surface area contributed by atoms with E-state index in [1.54, 1.807) is 26.4 Å². The van der Waals surface area contributed by atoms with Gasteiger partial charge >= 0.3 is 0 Å². The summed E-state index contributed by atoms with van der Waals surface area (Å²) < 4.78 is 11.3. The molecular weight excluding hydrogens is 418 g/mol. The molecular formula is C17H13N5O3S3. The topological polar surface area (TPSA) is 99.1 Å². The number of hydrogen-bond acceptors (Lipinski definition) is 10. The van der Waals surface area contributed by atoms with Crippen LogP contribution in [0.4, 0.5) is 5.13 Å². The Morgan fingerprint density at radius 1 is 1.14 bits per heavy atom. The monoisotopic (exact) mass is 431 g/mol. The van der Waals surface area contributed by atoms with Crippen LogP contribution < -0.4 is 14.8 Å².